The van der Waals surface area contributed by atoms with Crippen molar-refractivity contribution in [1.82, 2.24) is 4.90 Å². The van der Waals surface area contributed by atoms with Crippen LogP contribution in [0.5, 0.6) is 0 Å². The van der Waals surface area contributed by atoms with Crippen molar-refractivity contribution in [2.45, 2.75) is 12.7 Å². The largest absolute Gasteiger partial charge is 0.457 e. The van der Waals surface area contributed by atoms with Gasteiger partial charge < -0.3 is 4.42 Å². The van der Waals surface area contributed by atoms with Gasteiger partial charge in [0.2, 0.25) is 0 Å². The van der Waals surface area contributed by atoms with Gasteiger partial charge in [-0.2, -0.15) is 13.2 Å². The molecular formula is C22H13F4NO3S. The van der Waals surface area contributed by atoms with Crippen LogP contribution in [0, 0.1) is 5.82 Å². The second-order valence-electron chi connectivity index (χ2n) is 6.60. The van der Waals surface area contributed by atoms with Gasteiger partial charge in [-0.1, -0.05) is 36.4 Å². The van der Waals surface area contributed by atoms with Crippen molar-refractivity contribution in [3.8, 4) is 11.3 Å². The zero-order valence-corrected chi connectivity index (χ0v) is 16.5. The molecule has 1 aromatic heterocycles. The van der Waals surface area contributed by atoms with E-state index in [0.717, 1.165) is 11.0 Å². The minimum atomic E-state index is -4.56. The maximum atomic E-state index is 13.9. The highest BCUT2D eigenvalue weighted by Crippen LogP contribution is 2.38. The topological polar surface area (TPSA) is 50.5 Å². The van der Waals surface area contributed by atoms with Crippen molar-refractivity contribution in [3.63, 3.8) is 0 Å². The van der Waals surface area contributed by atoms with Gasteiger partial charge in [-0.15, -0.1) is 0 Å². The Labute approximate surface area is 178 Å². The van der Waals surface area contributed by atoms with Crippen LogP contribution < -0.4 is 0 Å². The summed E-state index contributed by atoms with van der Waals surface area (Å²) in [6.07, 6.45) is -3.27. The van der Waals surface area contributed by atoms with Crippen molar-refractivity contribution in [3.05, 3.63) is 88.3 Å². The lowest BCUT2D eigenvalue weighted by molar-refractivity contribution is -0.137. The molecule has 0 aliphatic carbocycles. The Balaban J connectivity index is 1.59. The fourth-order valence-electron chi connectivity index (χ4n) is 3.08. The minimum absolute atomic E-state index is 0.0234. The van der Waals surface area contributed by atoms with Gasteiger partial charge in [-0.3, -0.25) is 14.5 Å². The number of rotatable bonds is 4. The number of hydrogen-bond acceptors (Lipinski definition) is 4. The molecule has 4 rings (SSSR count). The summed E-state index contributed by atoms with van der Waals surface area (Å²) in [7, 11) is 0. The van der Waals surface area contributed by atoms with E-state index in [1.807, 2.05) is 0 Å². The van der Waals surface area contributed by atoms with Crippen LogP contribution in [-0.4, -0.2) is 16.0 Å². The van der Waals surface area contributed by atoms with Gasteiger partial charge in [0.1, 0.15) is 17.3 Å². The third kappa shape index (κ3) is 4.27. The first-order chi connectivity index (χ1) is 14.7. The molecule has 0 bridgehead atoms. The Bertz CT molecular complexity index is 1200. The molecule has 0 unspecified atom stereocenters. The van der Waals surface area contributed by atoms with E-state index in [-0.39, 0.29) is 34.1 Å². The summed E-state index contributed by atoms with van der Waals surface area (Å²) in [5, 5.41) is -0.575. The summed E-state index contributed by atoms with van der Waals surface area (Å²) in [6.45, 7) is -0.225. The molecule has 158 valence electrons. The molecule has 0 atom stereocenters. The zero-order chi connectivity index (χ0) is 22.2. The van der Waals surface area contributed by atoms with Crippen molar-refractivity contribution < 1.29 is 31.6 Å². The van der Waals surface area contributed by atoms with Crippen LogP contribution in [0.15, 0.2) is 70.0 Å². The predicted octanol–water partition coefficient (Wildman–Crippen LogP) is 6.34. The second-order valence-corrected chi connectivity index (χ2v) is 7.60. The van der Waals surface area contributed by atoms with Gasteiger partial charge in [0, 0.05) is 17.2 Å². The Kier molecular flexibility index (Phi) is 5.45. The lowest BCUT2D eigenvalue weighted by Gasteiger charge is -2.12. The fraction of sp³-hybridized carbons (Fsp3) is 0.0909. The van der Waals surface area contributed by atoms with Gasteiger partial charge >= 0.3 is 6.18 Å². The summed E-state index contributed by atoms with van der Waals surface area (Å²) in [5.74, 6) is -1.08. The van der Waals surface area contributed by atoms with E-state index < -0.39 is 28.7 Å². The van der Waals surface area contributed by atoms with Crippen LogP contribution in [0.25, 0.3) is 17.4 Å². The molecule has 0 saturated carbocycles. The lowest BCUT2D eigenvalue weighted by Crippen LogP contribution is -2.27. The first-order valence-corrected chi connectivity index (χ1v) is 9.81. The Morgan fingerprint density at radius 3 is 2.42 bits per heavy atom. The van der Waals surface area contributed by atoms with E-state index in [4.69, 9.17) is 4.42 Å². The molecule has 1 aliphatic rings. The van der Waals surface area contributed by atoms with Crippen molar-refractivity contribution >= 4 is 29.0 Å². The van der Waals surface area contributed by atoms with E-state index in [2.05, 4.69) is 0 Å². The maximum absolute atomic E-state index is 13.9. The van der Waals surface area contributed by atoms with Gasteiger partial charge in [0.05, 0.1) is 17.0 Å². The maximum Gasteiger partial charge on any atom is 0.417 e. The highest BCUT2D eigenvalue weighted by molar-refractivity contribution is 8.18. The summed E-state index contributed by atoms with van der Waals surface area (Å²) in [5.41, 5.74) is -0.793. The molecule has 2 heterocycles. The number of thioether (sulfide) groups is 1. The number of nitrogens with zero attached hydrogens (tertiary/aromatic N) is 1. The van der Waals surface area contributed by atoms with E-state index in [0.29, 0.717) is 11.8 Å². The number of halogens is 4. The van der Waals surface area contributed by atoms with Crippen LogP contribution in [0.1, 0.15) is 16.9 Å². The van der Waals surface area contributed by atoms with Gasteiger partial charge in [-0.05, 0) is 36.0 Å². The molecule has 0 N–H and O–H groups in total. The van der Waals surface area contributed by atoms with Crippen molar-refractivity contribution in [2.24, 2.45) is 0 Å². The minimum Gasteiger partial charge on any atom is -0.457 e. The Morgan fingerprint density at radius 2 is 1.68 bits per heavy atom. The molecule has 4 nitrogen and oxygen atoms in total. The quantitative estimate of drug-likeness (QED) is 0.346. The average molecular weight is 447 g/mol. The number of benzene rings is 2. The summed E-state index contributed by atoms with van der Waals surface area (Å²) < 4.78 is 59.1. The van der Waals surface area contributed by atoms with Crippen LogP contribution in [0.4, 0.5) is 22.4 Å². The zero-order valence-electron chi connectivity index (χ0n) is 15.7. The average Bonchev–Trinajstić information content (AvgIpc) is 3.29. The van der Waals surface area contributed by atoms with Crippen LogP contribution in [0.2, 0.25) is 0 Å². The number of amides is 2. The number of carbonyl (C=O) groups excluding carboxylic acids is 2. The van der Waals surface area contributed by atoms with Crippen LogP contribution in [-0.2, 0) is 17.5 Å². The molecule has 1 fully saturated rings. The van der Waals surface area contributed by atoms with Crippen LogP contribution >= 0.6 is 11.8 Å². The van der Waals surface area contributed by atoms with Gasteiger partial charge in [0.25, 0.3) is 11.1 Å². The number of hydrogen-bond donors (Lipinski definition) is 0. The Morgan fingerprint density at radius 1 is 0.968 bits per heavy atom. The molecule has 3 aromatic rings. The number of imide groups is 1. The Hall–Kier alpha value is -3.33. The monoisotopic (exact) mass is 447 g/mol. The molecule has 31 heavy (non-hydrogen) atoms. The summed E-state index contributed by atoms with van der Waals surface area (Å²) in [4.78, 5) is 25.8. The van der Waals surface area contributed by atoms with Gasteiger partial charge in [0.15, 0.2) is 0 Å². The second kappa shape index (κ2) is 8.07. The first kappa shape index (κ1) is 20.9. The van der Waals surface area contributed by atoms with Crippen LogP contribution in [0.3, 0.4) is 0 Å². The molecule has 1 saturated heterocycles. The lowest BCUT2D eigenvalue weighted by atomic mass is 10.1. The third-order valence-electron chi connectivity index (χ3n) is 4.56. The SMILES string of the molecule is O=C1S/C(=C\c2ccc(-c3ccccc3C(F)(F)F)o2)C(=O)N1Cc1ccccc1F. The van der Waals surface area contributed by atoms with Crippen molar-refractivity contribution in [1.29, 1.82) is 0 Å². The van der Waals surface area contributed by atoms with Crippen molar-refractivity contribution in [2.75, 3.05) is 0 Å². The molecule has 0 spiro atoms. The molecule has 1 aliphatic heterocycles. The number of carbonyl (C=O) groups is 2. The number of furan rings is 1. The smallest absolute Gasteiger partial charge is 0.417 e. The van der Waals surface area contributed by atoms with Gasteiger partial charge in [-0.25, -0.2) is 4.39 Å². The van der Waals surface area contributed by atoms with E-state index in [1.165, 1.54) is 54.6 Å². The third-order valence-corrected chi connectivity index (χ3v) is 5.47. The molecule has 2 amide bonds. The number of alkyl halides is 3. The highest BCUT2D eigenvalue weighted by Gasteiger charge is 2.36. The molecule has 9 heteroatoms. The van der Waals surface area contributed by atoms with E-state index in [9.17, 15) is 27.2 Å². The molecule has 2 aromatic carbocycles. The normalized spacial score (nSPS) is 15.9. The fourth-order valence-corrected chi connectivity index (χ4v) is 3.90. The highest BCUT2D eigenvalue weighted by atomic mass is 32.2. The summed E-state index contributed by atoms with van der Waals surface area (Å²) in [6, 6.07) is 13.5. The summed E-state index contributed by atoms with van der Waals surface area (Å²) >= 11 is 0.650. The molecular weight excluding hydrogens is 434 g/mol. The molecule has 0 radical (unpaired) electrons. The predicted molar refractivity (Wildman–Crippen MR) is 107 cm³/mol. The standard InChI is InChI=1S/C22H13F4NO3S/c23-17-8-4-1-5-13(17)12-27-20(28)19(31-21(27)29)11-14-9-10-18(30-14)15-6-2-3-7-16(15)22(24,25)26/h1-11H,12H2/b19-11-. The van der Waals surface area contributed by atoms with E-state index in [1.54, 1.807) is 6.07 Å². The van der Waals surface area contributed by atoms with E-state index >= 15 is 0 Å². The first-order valence-electron chi connectivity index (χ1n) is 8.99.